The standard InChI is InChI=1S/C27H28N6O/c1-28-23-8-3-5-10-25(23)33-27(34)22-18-31(24-9-4-2-7-21(24)26(22)30-33)17-19-11-13-20(14-12-19)32-16-6-15-29-32/h2,4,6-7,9,11-16,18,23,25,28H,3,5,8,10,17H2,1H3/t23-,25-/m0/s1. The zero-order valence-corrected chi connectivity index (χ0v) is 19.3. The smallest absolute Gasteiger partial charge is 0.278 e. The van der Waals surface area contributed by atoms with Gasteiger partial charge in [0.15, 0.2) is 0 Å². The lowest BCUT2D eigenvalue weighted by atomic mass is 9.90. The van der Waals surface area contributed by atoms with Crippen molar-refractivity contribution in [1.29, 1.82) is 0 Å². The zero-order chi connectivity index (χ0) is 23.1. The van der Waals surface area contributed by atoms with Gasteiger partial charge in [0.1, 0.15) is 5.69 Å². The Bertz CT molecular complexity index is 1450. The van der Waals surface area contributed by atoms with Crippen LogP contribution in [0.5, 0.6) is 0 Å². The zero-order valence-electron chi connectivity index (χ0n) is 19.3. The fourth-order valence-corrected chi connectivity index (χ4v) is 5.37. The maximum atomic E-state index is 13.6. The molecule has 7 nitrogen and oxygen atoms in total. The summed E-state index contributed by atoms with van der Waals surface area (Å²) >= 11 is 0. The first kappa shape index (κ1) is 20.9. The van der Waals surface area contributed by atoms with Crippen molar-refractivity contribution in [3.63, 3.8) is 0 Å². The summed E-state index contributed by atoms with van der Waals surface area (Å²) in [5.41, 5.74) is 4.75. The van der Waals surface area contributed by atoms with E-state index in [4.69, 9.17) is 5.10 Å². The van der Waals surface area contributed by atoms with Crippen molar-refractivity contribution in [2.75, 3.05) is 7.05 Å². The molecule has 3 aromatic rings. The fraction of sp³-hybridized carbons (Fsp3) is 0.296. The Balaban J connectivity index is 1.43. The molecule has 6 rings (SSSR count). The predicted molar refractivity (Wildman–Crippen MR) is 134 cm³/mol. The van der Waals surface area contributed by atoms with Gasteiger partial charge in [0, 0.05) is 36.6 Å². The normalized spacial score (nSPS) is 18.6. The second kappa shape index (κ2) is 8.57. The van der Waals surface area contributed by atoms with Gasteiger partial charge in [-0.25, -0.2) is 9.36 Å². The summed E-state index contributed by atoms with van der Waals surface area (Å²) in [4.78, 5) is 13.6. The van der Waals surface area contributed by atoms with Crippen molar-refractivity contribution < 1.29 is 0 Å². The molecule has 0 saturated heterocycles. The summed E-state index contributed by atoms with van der Waals surface area (Å²) in [6.07, 6.45) is 10.1. The number of para-hydroxylation sites is 1. The van der Waals surface area contributed by atoms with Crippen LogP contribution in [0, 0.1) is 0 Å². The van der Waals surface area contributed by atoms with E-state index in [0.717, 1.165) is 47.1 Å². The second-order valence-corrected chi connectivity index (χ2v) is 9.15. The quantitative estimate of drug-likeness (QED) is 0.433. The summed E-state index contributed by atoms with van der Waals surface area (Å²) in [7, 11) is 1.98. The monoisotopic (exact) mass is 452 g/mol. The van der Waals surface area contributed by atoms with Gasteiger partial charge < -0.3 is 9.88 Å². The van der Waals surface area contributed by atoms with Crippen LogP contribution in [0.25, 0.3) is 27.8 Å². The molecule has 2 atom stereocenters. The Morgan fingerprint density at radius 2 is 1.85 bits per heavy atom. The van der Waals surface area contributed by atoms with E-state index in [0.29, 0.717) is 12.1 Å². The molecule has 1 aromatic heterocycles. The van der Waals surface area contributed by atoms with Crippen molar-refractivity contribution in [2.24, 2.45) is 0 Å². The third-order valence-corrected chi connectivity index (χ3v) is 7.13. The number of nitrogens with zero attached hydrogens (tertiary/aromatic N) is 5. The molecule has 0 unspecified atom stereocenters. The third-order valence-electron chi connectivity index (χ3n) is 7.13. The first-order chi connectivity index (χ1) is 16.7. The number of nitrogens with one attached hydrogen (secondary N) is 1. The molecule has 7 heteroatoms. The van der Waals surface area contributed by atoms with Gasteiger partial charge in [-0.1, -0.05) is 43.2 Å². The van der Waals surface area contributed by atoms with E-state index in [1.807, 2.05) is 42.3 Å². The van der Waals surface area contributed by atoms with Crippen LogP contribution >= 0.6 is 0 Å². The van der Waals surface area contributed by atoms with E-state index in [9.17, 15) is 4.79 Å². The minimum Gasteiger partial charge on any atom is -0.342 e. The van der Waals surface area contributed by atoms with Gasteiger partial charge in [-0.2, -0.15) is 10.2 Å². The van der Waals surface area contributed by atoms with Crippen LogP contribution < -0.4 is 10.9 Å². The molecule has 1 fully saturated rings. The summed E-state index contributed by atoms with van der Waals surface area (Å²) in [5, 5.41) is 13.6. The van der Waals surface area contributed by atoms with Gasteiger partial charge in [-0.15, -0.1) is 0 Å². The van der Waals surface area contributed by atoms with Crippen molar-refractivity contribution in [3.05, 3.63) is 89.1 Å². The van der Waals surface area contributed by atoms with Gasteiger partial charge in [-0.05, 0) is 49.7 Å². The lowest BCUT2D eigenvalue weighted by Gasteiger charge is -2.30. The van der Waals surface area contributed by atoms with E-state index in [2.05, 4.69) is 51.4 Å². The Morgan fingerprint density at radius 1 is 1.03 bits per heavy atom. The summed E-state index contributed by atoms with van der Waals surface area (Å²) in [6.45, 7) is 0.670. The number of rotatable bonds is 5. The number of aromatic nitrogens is 5. The highest BCUT2D eigenvalue weighted by Gasteiger charge is 2.30. The Labute approximate surface area is 198 Å². The topological polar surface area (TPSA) is 69.7 Å². The maximum Gasteiger partial charge on any atom is 0.278 e. The lowest BCUT2D eigenvalue weighted by Crippen LogP contribution is -2.41. The number of likely N-dealkylation sites (N-methyl/N-ethyl adjacent to an activating group) is 1. The molecule has 3 heterocycles. The van der Waals surface area contributed by atoms with Crippen LogP contribution in [0.4, 0.5) is 0 Å². The molecule has 2 aliphatic heterocycles. The molecular formula is C27H28N6O. The average molecular weight is 453 g/mol. The first-order valence-corrected chi connectivity index (χ1v) is 12.0. The highest BCUT2D eigenvalue weighted by atomic mass is 16.1. The molecule has 0 radical (unpaired) electrons. The lowest BCUT2D eigenvalue weighted by molar-refractivity contribution is 0.253. The number of benzene rings is 2. The van der Waals surface area contributed by atoms with E-state index < -0.39 is 0 Å². The van der Waals surface area contributed by atoms with Gasteiger partial charge in [-0.3, -0.25) is 4.79 Å². The van der Waals surface area contributed by atoms with E-state index in [1.165, 1.54) is 6.42 Å². The molecule has 34 heavy (non-hydrogen) atoms. The Kier molecular flexibility index (Phi) is 5.26. The number of pyridine rings is 1. The number of hydrogen-bond donors (Lipinski definition) is 1. The Hall–Kier alpha value is -3.71. The predicted octanol–water partition coefficient (Wildman–Crippen LogP) is 4.24. The molecule has 1 aliphatic carbocycles. The van der Waals surface area contributed by atoms with E-state index >= 15 is 0 Å². The maximum absolute atomic E-state index is 13.6. The van der Waals surface area contributed by atoms with Crippen molar-refractivity contribution in [1.82, 2.24) is 29.4 Å². The molecule has 3 aliphatic rings. The molecule has 0 spiro atoms. The SMILES string of the molecule is CN[C@H]1CCCC[C@@H]1n1nc2c3ccccc3n(Cc3ccc(-n4cccn4)cc3)cc-2c1=O. The van der Waals surface area contributed by atoms with E-state index in [1.54, 1.807) is 10.9 Å². The van der Waals surface area contributed by atoms with Gasteiger partial charge in [0.2, 0.25) is 0 Å². The van der Waals surface area contributed by atoms with Crippen LogP contribution in [0.3, 0.4) is 0 Å². The Morgan fingerprint density at radius 3 is 2.65 bits per heavy atom. The molecular weight excluding hydrogens is 424 g/mol. The van der Waals surface area contributed by atoms with Crippen molar-refractivity contribution in [3.8, 4) is 16.9 Å². The molecule has 2 aromatic carbocycles. The van der Waals surface area contributed by atoms with Gasteiger partial charge in [0.25, 0.3) is 5.56 Å². The van der Waals surface area contributed by atoms with Crippen LogP contribution in [0.1, 0.15) is 37.3 Å². The average Bonchev–Trinajstić information content (AvgIpc) is 3.54. The molecule has 1 saturated carbocycles. The van der Waals surface area contributed by atoms with Crippen LogP contribution in [-0.2, 0) is 6.54 Å². The van der Waals surface area contributed by atoms with Gasteiger partial charge >= 0.3 is 0 Å². The summed E-state index contributed by atoms with van der Waals surface area (Å²) in [6, 6.07) is 18.9. The molecule has 1 N–H and O–H groups in total. The summed E-state index contributed by atoms with van der Waals surface area (Å²) in [5.74, 6) is 0. The van der Waals surface area contributed by atoms with Crippen molar-refractivity contribution in [2.45, 2.75) is 44.3 Å². The minimum atomic E-state index is 0.00989. The van der Waals surface area contributed by atoms with Crippen LogP contribution in [0.2, 0.25) is 0 Å². The number of hydrogen-bond acceptors (Lipinski definition) is 4. The highest BCUT2D eigenvalue weighted by Crippen LogP contribution is 2.32. The molecule has 0 amide bonds. The summed E-state index contributed by atoms with van der Waals surface area (Å²) < 4.78 is 5.77. The molecule has 172 valence electrons. The van der Waals surface area contributed by atoms with Crippen LogP contribution in [-0.4, -0.2) is 37.2 Å². The van der Waals surface area contributed by atoms with Gasteiger partial charge in [0.05, 0.1) is 22.8 Å². The third kappa shape index (κ3) is 3.53. The largest absolute Gasteiger partial charge is 0.342 e. The highest BCUT2D eigenvalue weighted by molar-refractivity contribution is 5.93. The minimum absolute atomic E-state index is 0.00989. The molecule has 0 bridgehead atoms. The van der Waals surface area contributed by atoms with E-state index in [-0.39, 0.29) is 17.6 Å². The van der Waals surface area contributed by atoms with Crippen LogP contribution in [0.15, 0.2) is 78.0 Å². The fourth-order valence-electron chi connectivity index (χ4n) is 5.37. The number of fused-ring (bicyclic) bond motifs is 3. The van der Waals surface area contributed by atoms with Crippen molar-refractivity contribution >= 4 is 10.9 Å². The first-order valence-electron chi connectivity index (χ1n) is 12.0. The second-order valence-electron chi connectivity index (χ2n) is 9.15.